The average Bonchev–Trinajstić information content (AvgIpc) is 2.73. The molecule has 0 amide bonds. The van der Waals surface area contributed by atoms with Gasteiger partial charge in [0.05, 0.1) is 0 Å². The van der Waals surface area contributed by atoms with Crippen LogP contribution in [-0.2, 0) is 0 Å². The van der Waals surface area contributed by atoms with Crippen molar-refractivity contribution < 1.29 is 10.2 Å². The molecule has 3 aromatic rings. The minimum atomic E-state index is 0.286. The first-order chi connectivity index (χ1) is 13.6. The second-order valence-corrected chi connectivity index (χ2v) is 7.61. The summed E-state index contributed by atoms with van der Waals surface area (Å²) >= 11 is 0. The SMILES string of the molecule is CCCC(CC)CC(c1ccc(O)cc1)c1ccc(-c2ccc(O)cc2)cc1. The van der Waals surface area contributed by atoms with Crippen molar-refractivity contribution in [2.75, 3.05) is 0 Å². The third-order valence-electron chi connectivity index (χ3n) is 5.65. The largest absolute Gasteiger partial charge is 0.508 e. The van der Waals surface area contributed by atoms with E-state index in [1.165, 1.54) is 30.4 Å². The topological polar surface area (TPSA) is 40.5 Å². The molecule has 0 saturated carbocycles. The predicted octanol–water partition coefficient (Wildman–Crippen LogP) is 7.11. The Balaban J connectivity index is 1.90. The zero-order valence-electron chi connectivity index (χ0n) is 16.8. The first-order valence-corrected chi connectivity index (χ1v) is 10.3. The van der Waals surface area contributed by atoms with Crippen LogP contribution < -0.4 is 0 Å². The third-order valence-corrected chi connectivity index (χ3v) is 5.65. The fourth-order valence-corrected chi connectivity index (χ4v) is 3.96. The van der Waals surface area contributed by atoms with E-state index in [2.05, 4.69) is 38.1 Å². The van der Waals surface area contributed by atoms with E-state index in [0.717, 1.165) is 17.5 Å². The quantitative estimate of drug-likeness (QED) is 0.441. The molecule has 0 aliphatic rings. The number of aromatic hydroxyl groups is 2. The first kappa shape index (κ1) is 20.0. The second-order valence-electron chi connectivity index (χ2n) is 7.61. The highest BCUT2D eigenvalue weighted by Gasteiger charge is 2.19. The van der Waals surface area contributed by atoms with Crippen LogP contribution in [0.4, 0.5) is 0 Å². The van der Waals surface area contributed by atoms with Crippen molar-refractivity contribution in [3.8, 4) is 22.6 Å². The van der Waals surface area contributed by atoms with E-state index in [4.69, 9.17) is 0 Å². The first-order valence-electron chi connectivity index (χ1n) is 10.3. The summed E-state index contributed by atoms with van der Waals surface area (Å²) in [5.41, 5.74) is 4.81. The van der Waals surface area contributed by atoms with E-state index in [0.29, 0.717) is 17.6 Å². The molecule has 146 valence electrons. The van der Waals surface area contributed by atoms with E-state index in [9.17, 15) is 10.2 Å². The molecule has 0 bridgehead atoms. The van der Waals surface area contributed by atoms with Crippen LogP contribution in [0.3, 0.4) is 0 Å². The van der Waals surface area contributed by atoms with Crippen molar-refractivity contribution in [3.05, 3.63) is 83.9 Å². The second kappa shape index (κ2) is 9.45. The van der Waals surface area contributed by atoms with Gasteiger partial charge in [0, 0.05) is 5.92 Å². The maximum absolute atomic E-state index is 9.69. The number of rotatable bonds is 8. The maximum Gasteiger partial charge on any atom is 0.115 e. The number of benzene rings is 3. The van der Waals surface area contributed by atoms with Gasteiger partial charge < -0.3 is 10.2 Å². The van der Waals surface area contributed by atoms with E-state index < -0.39 is 0 Å². The number of phenolic OH excluding ortho intramolecular Hbond substituents is 2. The molecular formula is C26H30O2. The molecule has 2 N–H and O–H groups in total. The molecule has 0 aliphatic carbocycles. The van der Waals surface area contributed by atoms with Crippen molar-refractivity contribution >= 4 is 0 Å². The molecule has 0 saturated heterocycles. The molecule has 2 atom stereocenters. The van der Waals surface area contributed by atoms with Crippen molar-refractivity contribution in [1.29, 1.82) is 0 Å². The van der Waals surface area contributed by atoms with E-state index >= 15 is 0 Å². The maximum atomic E-state index is 9.69. The number of hydrogen-bond acceptors (Lipinski definition) is 2. The monoisotopic (exact) mass is 374 g/mol. The molecule has 3 rings (SSSR count). The molecule has 0 radical (unpaired) electrons. The summed E-state index contributed by atoms with van der Waals surface area (Å²) in [4.78, 5) is 0. The fourth-order valence-electron chi connectivity index (χ4n) is 3.96. The lowest BCUT2D eigenvalue weighted by molar-refractivity contribution is 0.411. The van der Waals surface area contributed by atoms with Crippen molar-refractivity contribution in [2.45, 2.75) is 45.4 Å². The Morgan fingerprint density at radius 2 is 1.07 bits per heavy atom. The highest BCUT2D eigenvalue weighted by molar-refractivity contribution is 5.64. The van der Waals surface area contributed by atoms with Crippen LogP contribution in [0, 0.1) is 5.92 Å². The zero-order valence-corrected chi connectivity index (χ0v) is 16.8. The Kier molecular flexibility index (Phi) is 6.76. The van der Waals surface area contributed by atoms with Gasteiger partial charge in [0.1, 0.15) is 11.5 Å². The van der Waals surface area contributed by atoms with Crippen LogP contribution in [0.2, 0.25) is 0 Å². The van der Waals surface area contributed by atoms with Gasteiger partial charge >= 0.3 is 0 Å². The number of hydrogen-bond donors (Lipinski definition) is 2. The molecule has 28 heavy (non-hydrogen) atoms. The Bertz CT molecular complexity index is 848. The Labute approximate surface area is 168 Å². The molecule has 0 aromatic heterocycles. The lowest BCUT2D eigenvalue weighted by atomic mass is 9.81. The normalized spacial score (nSPS) is 13.2. The fraction of sp³-hybridized carbons (Fsp3) is 0.308. The van der Waals surface area contributed by atoms with Gasteiger partial charge in [-0.25, -0.2) is 0 Å². The van der Waals surface area contributed by atoms with Gasteiger partial charge in [0.2, 0.25) is 0 Å². The highest BCUT2D eigenvalue weighted by Crippen LogP contribution is 2.35. The summed E-state index contributed by atoms with van der Waals surface area (Å²) in [6.07, 6.45) is 4.76. The van der Waals surface area contributed by atoms with E-state index in [1.807, 2.05) is 24.3 Å². The zero-order chi connectivity index (χ0) is 19.9. The molecule has 0 spiro atoms. The van der Waals surface area contributed by atoms with Crippen molar-refractivity contribution in [3.63, 3.8) is 0 Å². The average molecular weight is 375 g/mol. The summed E-state index contributed by atoms with van der Waals surface area (Å²) in [7, 11) is 0. The Morgan fingerprint density at radius 3 is 1.54 bits per heavy atom. The van der Waals surface area contributed by atoms with Gasteiger partial charge in [-0.2, -0.15) is 0 Å². The van der Waals surface area contributed by atoms with Gasteiger partial charge in [-0.1, -0.05) is 81.6 Å². The summed E-state index contributed by atoms with van der Waals surface area (Å²) in [6, 6.07) is 23.8. The molecule has 2 nitrogen and oxygen atoms in total. The lowest BCUT2D eigenvalue weighted by Gasteiger charge is -2.24. The van der Waals surface area contributed by atoms with Crippen LogP contribution in [0.5, 0.6) is 11.5 Å². The molecule has 2 heteroatoms. The van der Waals surface area contributed by atoms with Crippen LogP contribution in [0.15, 0.2) is 72.8 Å². The predicted molar refractivity (Wildman–Crippen MR) is 117 cm³/mol. The smallest absolute Gasteiger partial charge is 0.115 e. The van der Waals surface area contributed by atoms with Gasteiger partial charge in [-0.3, -0.25) is 0 Å². The molecule has 0 heterocycles. The standard InChI is InChI=1S/C26H30O2/c1-3-5-19(4-2)18-26(23-12-16-25(28)17-13-23)22-8-6-20(7-9-22)21-10-14-24(27)15-11-21/h6-17,19,26-28H,3-5,18H2,1-2H3. The van der Waals surface area contributed by atoms with E-state index in [1.54, 1.807) is 24.3 Å². The summed E-state index contributed by atoms with van der Waals surface area (Å²) < 4.78 is 0. The summed E-state index contributed by atoms with van der Waals surface area (Å²) in [5.74, 6) is 1.62. The molecule has 3 aromatic carbocycles. The Morgan fingerprint density at radius 1 is 0.643 bits per heavy atom. The van der Waals surface area contributed by atoms with Crippen molar-refractivity contribution in [1.82, 2.24) is 0 Å². The highest BCUT2D eigenvalue weighted by atomic mass is 16.3. The lowest BCUT2D eigenvalue weighted by Crippen LogP contribution is -2.09. The number of phenols is 2. The van der Waals surface area contributed by atoms with Gasteiger partial charge in [-0.15, -0.1) is 0 Å². The Hall–Kier alpha value is -2.74. The van der Waals surface area contributed by atoms with Crippen LogP contribution >= 0.6 is 0 Å². The van der Waals surface area contributed by atoms with Gasteiger partial charge in [0.25, 0.3) is 0 Å². The molecular weight excluding hydrogens is 344 g/mol. The summed E-state index contributed by atoms with van der Waals surface area (Å²) in [5, 5.41) is 19.2. The van der Waals surface area contributed by atoms with Crippen LogP contribution in [0.1, 0.15) is 56.6 Å². The summed E-state index contributed by atoms with van der Waals surface area (Å²) in [6.45, 7) is 4.53. The molecule has 2 unspecified atom stereocenters. The minimum Gasteiger partial charge on any atom is -0.508 e. The third kappa shape index (κ3) is 4.95. The molecule has 0 aliphatic heterocycles. The van der Waals surface area contributed by atoms with Crippen LogP contribution in [0.25, 0.3) is 11.1 Å². The van der Waals surface area contributed by atoms with Gasteiger partial charge in [0.15, 0.2) is 0 Å². The molecule has 0 fully saturated rings. The minimum absolute atomic E-state index is 0.286. The van der Waals surface area contributed by atoms with Crippen molar-refractivity contribution in [2.24, 2.45) is 5.92 Å². The van der Waals surface area contributed by atoms with Crippen LogP contribution in [-0.4, -0.2) is 10.2 Å². The van der Waals surface area contributed by atoms with E-state index in [-0.39, 0.29) is 5.75 Å². The van der Waals surface area contributed by atoms with Gasteiger partial charge in [-0.05, 0) is 58.9 Å².